The monoisotopic (exact) mass is 541 g/mol. The minimum atomic E-state index is 0.0963. The van der Waals surface area contributed by atoms with E-state index in [4.69, 9.17) is 9.47 Å². The summed E-state index contributed by atoms with van der Waals surface area (Å²) in [6, 6.07) is 24.8. The van der Waals surface area contributed by atoms with Crippen LogP contribution in [0, 0.1) is 0 Å². The molecule has 1 N–H and O–H groups in total. The predicted molar refractivity (Wildman–Crippen MR) is 164 cm³/mol. The van der Waals surface area contributed by atoms with Gasteiger partial charge in [-0.25, -0.2) is 0 Å². The number of hydrogen-bond donors (Lipinski definition) is 1. The molecule has 2 aliphatic heterocycles. The first-order chi connectivity index (χ1) is 19.7. The Kier molecular flexibility index (Phi) is 10.4. The molecule has 4 nitrogen and oxygen atoms in total. The first kappa shape index (κ1) is 28.5. The Hall–Kier alpha value is -2.98. The highest BCUT2D eigenvalue weighted by molar-refractivity contribution is 5.51. The summed E-state index contributed by atoms with van der Waals surface area (Å²) in [6.07, 6.45) is 14.5. The fourth-order valence-corrected chi connectivity index (χ4v) is 6.51. The fraction of sp³-hybridized carbons (Fsp3) is 0.500. The van der Waals surface area contributed by atoms with Crippen molar-refractivity contribution in [3.63, 3.8) is 0 Å². The van der Waals surface area contributed by atoms with Crippen molar-refractivity contribution in [2.75, 3.05) is 19.7 Å². The van der Waals surface area contributed by atoms with Crippen molar-refractivity contribution in [3.05, 3.63) is 89.5 Å². The first-order valence-corrected chi connectivity index (χ1v) is 15.7. The molecule has 214 valence electrons. The molecule has 2 aliphatic rings. The van der Waals surface area contributed by atoms with Crippen molar-refractivity contribution in [1.29, 1.82) is 0 Å². The van der Waals surface area contributed by atoms with E-state index in [0.717, 1.165) is 36.6 Å². The molecule has 3 aromatic rings. The summed E-state index contributed by atoms with van der Waals surface area (Å²) >= 11 is 0. The maximum absolute atomic E-state index is 10.3. The van der Waals surface area contributed by atoms with Gasteiger partial charge in [-0.2, -0.15) is 0 Å². The maximum Gasteiger partial charge on any atom is 0.152 e. The van der Waals surface area contributed by atoms with Crippen molar-refractivity contribution >= 4 is 0 Å². The summed E-state index contributed by atoms with van der Waals surface area (Å²) in [5.41, 5.74) is 3.51. The number of ether oxygens (including phenoxy) is 2. The molecule has 2 heterocycles. The molecule has 0 radical (unpaired) electrons. The molecule has 0 amide bonds. The van der Waals surface area contributed by atoms with E-state index < -0.39 is 0 Å². The third-order valence-electron chi connectivity index (χ3n) is 8.74. The molecule has 0 bridgehead atoms. The van der Waals surface area contributed by atoms with Gasteiger partial charge in [0.25, 0.3) is 0 Å². The van der Waals surface area contributed by atoms with Crippen LogP contribution in [0.25, 0.3) is 0 Å². The van der Waals surface area contributed by atoms with E-state index in [1.165, 1.54) is 75.3 Å². The normalized spacial score (nSPS) is 19.6. The maximum atomic E-state index is 10.3. The summed E-state index contributed by atoms with van der Waals surface area (Å²) in [5.74, 6) is 2.34. The van der Waals surface area contributed by atoms with Crippen LogP contribution in [-0.4, -0.2) is 35.9 Å². The molecule has 0 saturated carbocycles. The van der Waals surface area contributed by atoms with Crippen molar-refractivity contribution < 1.29 is 14.6 Å². The van der Waals surface area contributed by atoms with Gasteiger partial charge in [0.15, 0.2) is 6.23 Å². The zero-order chi connectivity index (χ0) is 27.6. The second-order valence-electron chi connectivity index (χ2n) is 11.7. The Morgan fingerprint density at radius 1 is 0.825 bits per heavy atom. The highest BCUT2D eigenvalue weighted by atomic mass is 16.5. The first-order valence-electron chi connectivity index (χ1n) is 15.7. The van der Waals surface area contributed by atoms with Gasteiger partial charge in [-0.15, -0.1) is 0 Å². The molecule has 3 unspecified atom stereocenters. The Morgan fingerprint density at radius 3 is 2.25 bits per heavy atom. The van der Waals surface area contributed by atoms with Crippen molar-refractivity contribution in [1.82, 2.24) is 4.90 Å². The minimum Gasteiger partial charge on any atom is -0.508 e. The van der Waals surface area contributed by atoms with E-state index in [1.54, 1.807) is 6.07 Å². The number of benzene rings is 3. The van der Waals surface area contributed by atoms with Crippen LogP contribution in [0.15, 0.2) is 72.8 Å². The quantitative estimate of drug-likeness (QED) is 0.207. The van der Waals surface area contributed by atoms with Crippen LogP contribution >= 0.6 is 0 Å². The summed E-state index contributed by atoms with van der Waals surface area (Å²) in [5, 5.41) is 10.3. The van der Waals surface area contributed by atoms with Gasteiger partial charge in [0.1, 0.15) is 17.2 Å². The lowest BCUT2D eigenvalue weighted by Crippen LogP contribution is -2.37. The number of aromatic hydroxyl groups is 1. The lowest BCUT2D eigenvalue weighted by Gasteiger charge is -2.34. The Bertz CT molecular complexity index is 1160. The van der Waals surface area contributed by atoms with Crippen molar-refractivity contribution in [2.24, 2.45) is 0 Å². The topological polar surface area (TPSA) is 41.9 Å². The van der Waals surface area contributed by atoms with E-state index in [1.807, 2.05) is 12.1 Å². The number of nitrogens with zero attached hydrogens (tertiary/aromatic N) is 1. The molecular formula is C36H47NO3. The number of phenolic OH excluding ortho intramolecular Hbond substituents is 1. The molecule has 1 saturated heterocycles. The molecule has 3 atom stereocenters. The fourth-order valence-electron chi connectivity index (χ4n) is 6.51. The molecular weight excluding hydrogens is 494 g/mol. The van der Waals surface area contributed by atoms with Crippen LogP contribution in [-0.2, 0) is 0 Å². The van der Waals surface area contributed by atoms with Gasteiger partial charge in [-0.05, 0) is 67.1 Å². The molecule has 40 heavy (non-hydrogen) atoms. The van der Waals surface area contributed by atoms with E-state index in [9.17, 15) is 5.11 Å². The summed E-state index contributed by atoms with van der Waals surface area (Å²) in [4.78, 5) is 2.54. The molecule has 0 aliphatic carbocycles. The molecule has 0 aromatic heterocycles. The average molecular weight is 542 g/mol. The zero-order valence-electron chi connectivity index (χ0n) is 24.3. The third-order valence-corrected chi connectivity index (χ3v) is 8.74. The molecule has 4 heteroatoms. The predicted octanol–water partition coefficient (Wildman–Crippen LogP) is 9.03. The van der Waals surface area contributed by atoms with Crippen LogP contribution in [0.2, 0.25) is 0 Å². The van der Waals surface area contributed by atoms with Crippen LogP contribution in [0.1, 0.15) is 106 Å². The second kappa shape index (κ2) is 14.6. The SMILES string of the molecule is CCCCCCCCCCC(Oc1ccc(C2c3cc(O)ccc3OCC2c2ccccc2)cc1)N1CCCC1. The largest absolute Gasteiger partial charge is 0.508 e. The molecule has 1 fully saturated rings. The van der Waals surface area contributed by atoms with Gasteiger partial charge >= 0.3 is 0 Å². The minimum absolute atomic E-state index is 0.0963. The molecule has 5 rings (SSSR count). The van der Waals surface area contributed by atoms with Crippen molar-refractivity contribution in [3.8, 4) is 17.2 Å². The number of phenols is 1. The zero-order valence-corrected chi connectivity index (χ0v) is 24.3. The highest BCUT2D eigenvalue weighted by Crippen LogP contribution is 2.47. The smallest absolute Gasteiger partial charge is 0.152 e. The average Bonchev–Trinajstić information content (AvgIpc) is 3.53. The lowest BCUT2D eigenvalue weighted by atomic mass is 9.76. The van der Waals surface area contributed by atoms with Gasteiger partial charge in [-0.1, -0.05) is 94.3 Å². The van der Waals surface area contributed by atoms with E-state index in [-0.39, 0.29) is 23.8 Å². The van der Waals surface area contributed by atoms with E-state index >= 15 is 0 Å². The summed E-state index contributed by atoms with van der Waals surface area (Å²) in [7, 11) is 0. The van der Waals surface area contributed by atoms with Gasteiger partial charge in [-0.3, -0.25) is 4.90 Å². The summed E-state index contributed by atoms with van der Waals surface area (Å²) < 4.78 is 12.8. The highest BCUT2D eigenvalue weighted by Gasteiger charge is 2.34. The summed E-state index contributed by atoms with van der Waals surface area (Å²) in [6.45, 7) is 5.17. The molecule has 0 spiro atoms. The number of unbranched alkanes of at least 4 members (excludes halogenated alkanes) is 7. The van der Waals surface area contributed by atoms with Gasteiger partial charge in [0.05, 0.1) is 6.61 Å². The Morgan fingerprint density at radius 2 is 1.52 bits per heavy atom. The van der Waals surface area contributed by atoms with Crippen LogP contribution in [0.5, 0.6) is 17.2 Å². The van der Waals surface area contributed by atoms with Gasteiger partial charge in [0, 0.05) is 30.5 Å². The number of rotatable bonds is 14. The Labute approximate surface area is 241 Å². The van der Waals surface area contributed by atoms with Crippen LogP contribution < -0.4 is 9.47 Å². The van der Waals surface area contributed by atoms with Crippen molar-refractivity contribution in [2.45, 2.75) is 95.6 Å². The van der Waals surface area contributed by atoms with Gasteiger partial charge in [0.2, 0.25) is 0 Å². The number of hydrogen-bond acceptors (Lipinski definition) is 4. The van der Waals surface area contributed by atoms with E-state index in [2.05, 4.69) is 66.4 Å². The lowest BCUT2D eigenvalue weighted by molar-refractivity contribution is 0.0341. The third kappa shape index (κ3) is 7.40. The molecule has 3 aromatic carbocycles. The van der Waals surface area contributed by atoms with E-state index in [0.29, 0.717) is 6.61 Å². The van der Waals surface area contributed by atoms with Crippen LogP contribution in [0.4, 0.5) is 0 Å². The second-order valence-corrected chi connectivity index (χ2v) is 11.7. The standard InChI is InChI=1S/C36H47NO3/c1-2-3-4-5-6-7-8-12-17-35(37-24-13-14-25-37)40-31-21-18-29(19-22-31)36-32-26-30(38)20-23-34(32)39-27-33(36)28-15-10-9-11-16-28/h9-11,15-16,18-23,26,33,35-36,38H,2-8,12-14,17,24-25,27H2,1H3. The number of likely N-dealkylation sites (tertiary alicyclic amines) is 1. The van der Waals surface area contributed by atoms with Crippen LogP contribution in [0.3, 0.4) is 0 Å². The number of fused-ring (bicyclic) bond motifs is 1. The van der Waals surface area contributed by atoms with Gasteiger partial charge < -0.3 is 14.6 Å². The Balaban J connectivity index is 1.27.